The van der Waals surface area contributed by atoms with Crippen molar-refractivity contribution in [2.45, 2.75) is 44.6 Å². The Hall–Kier alpha value is -2.68. The summed E-state index contributed by atoms with van der Waals surface area (Å²) in [7, 11) is 3.13. The lowest BCUT2D eigenvalue weighted by Gasteiger charge is -2.13. The van der Waals surface area contributed by atoms with Gasteiger partial charge in [0.15, 0.2) is 16.7 Å². The molecular formula is C20H24N4O4S. The SMILES string of the molecule is CC[C@H](C)NC(=O)Cn1c2cc(OC)c(OC)cc2c2nc3n(c(=O)c21)CCS3. The number of aromatic nitrogens is 3. The van der Waals surface area contributed by atoms with E-state index in [0.29, 0.717) is 34.2 Å². The molecule has 0 radical (unpaired) electrons. The van der Waals surface area contributed by atoms with Crippen molar-refractivity contribution in [2.75, 3.05) is 20.0 Å². The number of nitrogens with one attached hydrogen (secondary N) is 1. The fourth-order valence-electron chi connectivity index (χ4n) is 3.62. The normalized spacial score (nSPS) is 14.2. The molecule has 0 saturated heterocycles. The third-order valence-electron chi connectivity index (χ3n) is 5.30. The van der Waals surface area contributed by atoms with Crippen molar-refractivity contribution < 1.29 is 14.3 Å². The first-order valence-electron chi connectivity index (χ1n) is 9.59. The minimum absolute atomic E-state index is 0.0310. The molecule has 1 aromatic carbocycles. The molecule has 0 unspecified atom stereocenters. The third-order valence-corrected chi connectivity index (χ3v) is 6.25. The van der Waals surface area contributed by atoms with Crippen LogP contribution in [0.2, 0.25) is 0 Å². The average molecular weight is 417 g/mol. The average Bonchev–Trinajstić information content (AvgIpc) is 3.30. The monoisotopic (exact) mass is 416 g/mol. The number of rotatable bonds is 6. The Morgan fingerprint density at radius 3 is 2.72 bits per heavy atom. The lowest BCUT2D eigenvalue weighted by atomic mass is 10.2. The fraction of sp³-hybridized carbons (Fsp3) is 0.450. The number of amides is 1. The summed E-state index contributed by atoms with van der Waals surface area (Å²) in [6.45, 7) is 4.62. The van der Waals surface area contributed by atoms with E-state index in [4.69, 9.17) is 14.5 Å². The second-order valence-electron chi connectivity index (χ2n) is 7.08. The van der Waals surface area contributed by atoms with Crippen molar-refractivity contribution >= 4 is 39.6 Å². The molecule has 3 heterocycles. The molecule has 1 atom stereocenters. The number of methoxy groups -OCH3 is 2. The van der Waals surface area contributed by atoms with Gasteiger partial charge in [-0.3, -0.25) is 14.2 Å². The summed E-state index contributed by atoms with van der Waals surface area (Å²) in [5.74, 6) is 1.76. The highest BCUT2D eigenvalue weighted by Crippen LogP contribution is 2.37. The van der Waals surface area contributed by atoms with Crippen LogP contribution in [0.3, 0.4) is 0 Å². The van der Waals surface area contributed by atoms with Crippen molar-refractivity contribution in [3.8, 4) is 11.5 Å². The number of fused-ring (bicyclic) bond motifs is 4. The molecule has 0 aliphatic carbocycles. The second-order valence-corrected chi connectivity index (χ2v) is 8.15. The predicted octanol–water partition coefficient (Wildman–Crippen LogP) is 2.39. The zero-order chi connectivity index (χ0) is 20.7. The largest absolute Gasteiger partial charge is 0.493 e. The number of hydrogen-bond donors (Lipinski definition) is 1. The Kier molecular flexibility index (Phi) is 5.16. The molecule has 3 aromatic rings. The minimum Gasteiger partial charge on any atom is -0.493 e. The van der Waals surface area contributed by atoms with Crippen LogP contribution in [0.4, 0.5) is 0 Å². The third kappa shape index (κ3) is 3.23. The molecule has 1 amide bonds. The summed E-state index contributed by atoms with van der Waals surface area (Å²) in [6, 6.07) is 3.68. The molecule has 9 heteroatoms. The molecule has 1 aliphatic heterocycles. The maximum Gasteiger partial charge on any atom is 0.278 e. The minimum atomic E-state index is -0.146. The van der Waals surface area contributed by atoms with E-state index in [1.54, 1.807) is 41.2 Å². The van der Waals surface area contributed by atoms with Crippen molar-refractivity contribution in [2.24, 2.45) is 0 Å². The number of carbonyl (C=O) groups is 1. The van der Waals surface area contributed by atoms with Crippen LogP contribution < -0.4 is 20.3 Å². The fourth-order valence-corrected chi connectivity index (χ4v) is 4.57. The summed E-state index contributed by atoms with van der Waals surface area (Å²) in [5, 5.41) is 4.45. The first-order valence-corrected chi connectivity index (χ1v) is 10.6. The van der Waals surface area contributed by atoms with Gasteiger partial charge in [-0.05, 0) is 19.4 Å². The Morgan fingerprint density at radius 1 is 1.31 bits per heavy atom. The molecule has 1 aliphatic rings. The zero-order valence-corrected chi connectivity index (χ0v) is 17.8. The molecule has 1 N–H and O–H groups in total. The van der Waals surface area contributed by atoms with Gasteiger partial charge in [-0.15, -0.1) is 0 Å². The van der Waals surface area contributed by atoms with Gasteiger partial charge in [-0.1, -0.05) is 18.7 Å². The standard InChI is InChI=1S/C20H24N4O4S/c1-5-11(2)21-16(25)10-24-13-9-15(28-4)14(27-3)8-12(13)17-18(24)19(26)23-6-7-29-20(23)22-17/h8-9,11H,5-7,10H2,1-4H3,(H,21,25)/t11-/m0/s1. The van der Waals surface area contributed by atoms with Gasteiger partial charge in [0.2, 0.25) is 5.91 Å². The van der Waals surface area contributed by atoms with E-state index in [1.807, 2.05) is 19.9 Å². The van der Waals surface area contributed by atoms with Gasteiger partial charge in [0.05, 0.1) is 19.7 Å². The van der Waals surface area contributed by atoms with Crippen molar-refractivity contribution in [3.63, 3.8) is 0 Å². The maximum absolute atomic E-state index is 13.3. The van der Waals surface area contributed by atoms with Gasteiger partial charge in [0.25, 0.3) is 5.56 Å². The van der Waals surface area contributed by atoms with Crippen LogP contribution in [0.15, 0.2) is 22.1 Å². The van der Waals surface area contributed by atoms with Crippen LogP contribution in [-0.2, 0) is 17.9 Å². The number of nitrogens with zero attached hydrogens (tertiary/aromatic N) is 3. The number of ether oxygens (including phenoxy) is 2. The lowest BCUT2D eigenvalue weighted by Crippen LogP contribution is -2.35. The number of thioether (sulfide) groups is 1. The predicted molar refractivity (Wildman–Crippen MR) is 113 cm³/mol. The molecule has 0 spiro atoms. The first kappa shape index (κ1) is 19.6. The van der Waals surface area contributed by atoms with E-state index < -0.39 is 0 Å². The maximum atomic E-state index is 13.3. The Bertz CT molecular complexity index is 1170. The second kappa shape index (κ2) is 7.62. The summed E-state index contributed by atoms with van der Waals surface area (Å²) in [4.78, 5) is 30.7. The van der Waals surface area contributed by atoms with E-state index in [9.17, 15) is 9.59 Å². The number of carbonyl (C=O) groups excluding carboxylic acids is 1. The Labute approximate surface area is 172 Å². The molecule has 2 aromatic heterocycles. The Morgan fingerprint density at radius 2 is 2.03 bits per heavy atom. The molecule has 4 rings (SSSR count). The van der Waals surface area contributed by atoms with Crippen molar-refractivity contribution in [3.05, 3.63) is 22.5 Å². The van der Waals surface area contributed by atoms with Gasteiger partial charge in [-0.25, -0.2) is 4.98 Å². The van der Waals surface area contributed by atoms with Crippen LogP contribution in [0.5, 0.6) is 11.5 Å². The van der Waals surface area contributed by atoms with E-state index >= 15 is 0 Å². The van der Waals surface area contributed by atoms with Gasteiger partial charge in [-0.2, -0.15) is 0 Å². The highest BCUT2D eigenvalue weighted by atomic mass is 32.2. The van der Waals surface area contributed by atoms with Crippen LogP contribution in [0.1, 0.15) is 20.3 Å². The molecule has 8 nitrogen and oxygen atoms in total. The zero-order valence-electron chi connectivity index (χ0n) is 16.9. The summed E-state index contributed by atoms with van der Waals surface area (Å²) in [6.07, 6.45) is 0.832. The molecule has 154 valence electrons. The van der Waals surface area contributed by atoms with Gasteiger partial charge in [0.1, 0.15) is 17.6 Å². The molecule has 0 fully saturated rings. The van der Waals surface area contributed by atoms with Crippen molar-refractivity contribution in [1.29, 1.82) is 0 Å². The molecule has 29 heavy (non-hydrogen) atoms. The highest BCUT2D eigenvalue weighted by molar-refractivity contribution is 7.99. The van der Waals surface area contributed by atoms with E-state index in [1.165, 1.54) is 0 Å². The highest BCUT2D eigenvalue weighted by Gasteiger charge is 2.25. The number of hydrogen-bond acceptors (Lipinski definition) is 6. The van der Waals surface area contributed by atoms with Crippen LogP contribution >= 0.6 is 11.8 Å². The van der Waals surface area contributed by atoms with E-state index in [-0.39, 0.29) is 24.1 Å². The topological polar surface area (TPSA) is 87.4 Å². The van der Waals surface area contributed by atoms with Crippen LogP contribution in [0, 0.1) is 0 Å². The van der Waals surface area contributed by atoms with Crippen LogP contribution in [0.25, 0.3) is 21.9 Å². The van der Waals surface area contributed by atoms with E-state index in [2.05, 4.69) is 5.32 Å². The summed E-state index contributed by atoms with van der Waals surface area (Å²) < 4.78 is 14.3. The lowest BCUT2D eigenvalue weighted by molar-refractivity contribution is -0.122. The molecular weight excluding hydrogens is 392 g/mol. The summed E-state index contributed by atoms with van der Waals surface area (Å²) >= 11 is 1.56. The molecule has 0 saturated carbocycles. The Balaban J connectivity index is 1.99. The number of benzene rings is 1. The van der Waals surface area contributed by atoms with Gasteiger partial charge >= 0.3 is 0 Å². The van der Waals surface area contributed by atoms with Crippen molar-refractivity contribution in [1.82, 2.24) is 19.4 Å². The van der Waals surface area contributed by atoms with E-state index in [0.717, 1.165) is 23.1 Å². The smallest absolute Gasteiger partial charge is 0.278 e. The first-order chi connectivity index (χ1) is 14.0. The molecule has 0 bridgehead atoms. The van der Waals surface area contributed by atoms with Crippen LogP contribution in [-0.4, -0.2) is 46.0 Å². The quantitative estimate of drug-likeness (QED) is 0.621. The van der Waals surface area contributed by atoms with Gasteiger partial charge < -0.3 is 19.4 Å². The summed E-state index contributed by atoms with van der Waals surface area (Å²) in [5.41, 5.74) is 1.61. The van der Waals surface area contributed by atoms with Gasteiger partial charge in [0, 0.05) is 29.8 Å².